The Morgan fingerprint density at radius 1 is 1.50 bits per heavy atom. The number of nitrogens with zero attached hydrogens (tertiary/aromatic N) is 2. The van der Waals surface area contributed by atoms with Gasteiger partial charge in [0.05, 0.1) is 18.9 Å². The predicted octanol–water partition coefficient (Wildman–Crippen LogP) is 1.12. The summed E-state index contributed by atoms with van der Waals surface area (Å²) in [6.07, 6.45) is 2.88. The van der Waals surface area contributed by atoms with E-state index in [-0.39, 0.29) is 6.10 Å². The molecule has 1 aliphatic heterocycles. The van der Waals surface area contributed by atoms with Gasteiger partial charge in [-0.2, -0.15) is 5.10 Å². The maximum absolute atomic E-state index is 5.99. The zero-order valence-electron chi connectivity index (χ0n) is 9.90. The molecule has 1 fully saturated rings. The lowest BCUT2D eigenvalue weighted by Crippen LogP contribution is -2.26. The van der Waals surface area contributed by atoms with E-state index in [9.17, 15) is 0 Å². The first-order valence-electron chi connectivity index (χ1n) is 5.78. The van der Waals surface area contributed by atoms with Gasteiger partial charge in [-0.05, 0) is 6.42 Å². The van der Waals surface area contributed by atoms with Crippen molar-refractivity contribution in [2.24, 2.45) is 7.05 Å². The molecule has 0 amide bonds. The Balaban J connectivity index is 2.10. The second-order valence-corrected chi connectivity index (χ2v) is 4.07. The largest absolute Gasteiger partial charge is 0.473 e. The number of nitrogen functional groups attached to an aromatic ring is 1. The van der Waals surface area contributed by atoms with Crippen LogP contribution in [0.4, 0.5) is 5.69 Å². The van der Waals surface area contributed by atoms with Crippen molar-refractivity contribution in [2.45, 2.75) is 32.3 Å². The fraction of sp³-hybridized carbons (Fsp3) is 0.727. The highest BCUT2D eigenvalue weighted by molar-refractivity contribution is 5.53. The molecule has 2 N–H and O–H groups in total. The number of aromatic nitrogens is 2. The monoisotopic (exact) mass is 225 g/mol. The summed E-state index contributed by atoms with van der Waals surface area (Å²) in [6, 6.07) is 0. The summed E-state index contributed by atoms with van der Waals surface area (Å²) >= 11 is 0. The third-order valence-corrected chi connectivity index (χ3v) is 2.89. The lowest BCUT2D eigenvalue weighted by Gasteiger charge is -2.23. The fourth-order valence-corrected chi connectivity index (χ4v) is 1.93. The van der Waals surface area contributed by atoms with E-state index < -0.39 is 0 Å². The molecule has 1 aromatic rings. The average molecular weight is 225 g/mol. The summed E-state index contributed by atoms with van der Waals surface area (Å²) in [5, 5.41) is 4.33. The zero-order valence-corrected chi connectivity index (χ0v) is 9.90. The van der Waals surface area contributed by atoms with Gasteiger partial charge in [0, 0.05) is 19.9 Å². The van der Waals surface area contributed by atoms with Gasteiger partial charge in [0.1, 0.15) is 11.8 Å². The molecule has 1 aromatic heterocycles. The molecule has 5 nitrogen and oxygen atoms in total. The third kappa shape index (κ3) is 2.14. The first-order chi connectivity index (χ1) is 7.72. The Hall–Kier alpha value is -1.23. The Bertz CT molecular complexity index is 356. The van der Waals surface area contributed by atoms with Crippen molar-refractivity contribution in [1.82, 2.24) is 9.78 Å². The SMILES string of the molecule is CCc1nn(C)c(OC2CCOCC2)c1N. The van der Waals surface area contributed by atoms with E-state index in [4.69, 9.17) is 15.2 Å². The number of ether oxygens (including phenoxy) is 2. The Kier molecular flexibility index (Phi) is 3.33. The molecule has 2 heterocycles. The van der Waals surface area contributed by atoms with Gasteiger partial charge in [0.15, 0.2) is 0 Å². The molecule has 0 saturated carbocycles. The molecule has 0 radical (unpaired) electrons. The van der Waals surface area contributed by atoms with E-state index in [0.717, 1.165) is 38.2 Å². The van der Waals surface area contributed by atoms with Crippen LogP contribution in [0.5, 0.6) is 5.88 Å². The summed E-state index contributed by atoms with van der Waals surface area (Å²) in [5.41, 5.74) is 7.58. The molecular formula is C11H19N3O2. The lowest BCUT2D eigenvalue weighted by atomic mass is 10.1. The van der Waals surface area contributed by atoms with Gasteiger partial charge < -0.3 is 15.2 Å². The van der Waals surface area contributed by atoms with Crippen molar-refractivity contribution in [3.8, 4) is 5.88 Å². The molecule has 0 aliphatic carbocycles. The van der Waals surface area contributed by atoms with Crippen LogP contribution in [-0.4, -0.2) is 29.1 Å². The van der Waals surface area contributed by atoms with Gasteiger partial charge in [0.2, 0.25) is 5.88 Å². The molecular weight excluding hydrogens is 206 g/mol. The van der Waals surface area contributed by atoms with Gasteiger partial charge in [-0.15, -0.1) is 0 Å². The minimum atomic E-state index is 0.205. The quantitative estimate of drug-likeness (QED) is 0.837. The Morgan fingerprint density at radius 3 is 2.75 bits per heavy atom. The summed E-state index contributed by atoms with van der Waals surface area (Å²) < 4.78 is 12.9. The van der Waals surface area contributed by atoms with E-state index in [1.54, 1.807) is 4.68 Å². The highest BCUT2D eigenvalue weighted by Crippen LogP contribution is 2.27. The number of anilines is 1. The summed E-state index contributed by atoms with van der Waals surface area (Å²) in [6.45, 7) is 3.57. The minimum Gasteiger partial charge on any atom is -0.473 e. The average Bonchev–Trinajstić information content (AvgIpc) is 2.58. The number of aryl methyl sites for hydroxylation is 2. The van der Waals surface area contributed by atoms with E-state index in [1.807, 2.05) is 14.0 Å². The van der Waals surface area contributed by atoms with Crippen LogP contribution in [0.3, 0.4) is 0 Å². The molecule has 0 atom stereocenters. The van der Waals surface area contributed by atoms with Crippen LogP contribution in [-0.2, 0) is 18.2 Å². The molecule has 5 heteroatoms. The molecule has 0 aromatic carbocycles. The highest BCUT2D eigenvalue weighted by Gasteiger charge is 2.20. The maximum Gasteiger partial charge on any atom is 0.236 e. The van der Waals surface area contributed by atoms with Gasteiger partial charge in [-0.25, -0.2) is 4.68 Å². The molecule has 0 unspecified atom stereocenters. The smallest absolute Gasteiger partial charge is 0.236 e. The Labute approximate surface area is 95.5 Å². The zero-order chi connectivity index (χ0) is 11.5. The Morgan fingerprint density at radius 2 is 2.19 bits per heavy atom. The fourth-order valence-electron chi connectivity index (χ4n) is 1.93. The molecule has 90 valence electrons. The van der Waals surface area contributed by atoms with Crippen LogP contribution in [0.25, 0.3) is 0 Å². The first kappa shape index (κ1) is 11.3. The van der Waals surface area contributed by atoms with Gasteiger partial charge in [0.25, 0.3) is 0 Å². The molecule has 0 bridgehead atoms. The molecule has 1 saturated heterocycles. The standard InChI is InChI=1S/C11H19N3O2/c1-3-9-10(12)11(14(2)13-9)16-8-4-6-15-7-5-8/h8H,3-7,12H2,1-2H3. The topological polar surface area (TPSA) is 62.3 Å². The van der Waals surface area contributed by atoms with E-state index >= 15 is 0 Å². The van der Waals surface area contributed by atoms with Crippen LogP contribution in [0.2, 0.25) is 0 Å². The summed E-state index contributed by atoms with van der Waals surface area (Å²) in [4.78, 5) is 0. The van der Waals surface area contributed by atoms with Gasteiger partial charge in [-0.3, -0.25) is 0 Å². The number of hydrogen-bond acceptors (Lipinski definition) is 4. The lowest BCUT2D eigenvalue weighted by molar-refractivity contribution is 0.0224. The molecule has 2 rings (SSSR count). The third-order valence-electron chi connectivity index (χ3n) is 2.89. The predicted molar refractivity (Wildman–Crippen MR) is 61.5 cm³/mol. The van der Waals surface area contributed by atoms with Crippen molar-refractivity contribution >= 4 is 5.69 Å². The van der Waals surface area contributed by atoms with Crippen molar-refractivity contribution < 1.29 is 9.47 Å². The highest BCUT2D eigenvalue weighted by atomic mass is 16.5. The van der Waals surface area contributed by atoms with Gasteiger partial charge >= 0.3 is 0 Å². The molecule has 0 spiro atoms. The van der Waals surface area contributed by atoms with E-state index in [1.165, 1.54) is 0 Å². The number of nitrogens with two attached hydrogens (primary N) is 1. The number of hydrogen-bond donors (Lipinski definition) is 1. The van der Waals surface area contributed by atoms with Crippen LogP contribution in [0.15, 0.2) is 0 Å². The normalized spacial score (nSPS) is 17.6. The molecule has 16 heavy (non-hydrogen) atoms. The summed E-state index contributed by atoms with van der Waals surface area (Å²) in [7, 11) is 1.87. The van der Waals surface area contributed by atoms with Crippen LogP contribution >= 0.6 is 0 Å². The summed E-state index contributed by atoms with van der Waals surface area (Å²) in [5.74, 6) is 0.698. The van der Waals surface area contributed by atoms with Crippen LogP contribution in [0.1, 0.15) is 25.5 Å². The second-order valence-electron chi connectivity index (χ2n) is 4.07. The molecule has 1 aliphatic rings. The van der Waals surface area contributed by atoms with Crippen LogP contribution < -0.4 is 10.5 Å². The van der Waals surface area contributed by atoms with E-state index in [2.05, 4.69) is 5.10 Å². The maximum atomic E-state index is 5.99. The van der Waals surface area contributed by atoms with Crippen molar-refractivity contribution in [2.75, 3.05) is 18.9 Å². The minimum absolute atomic E-state index is 0.205. The van der Waals surface area contributed by atoms with E-state index in [0.29, 0.717) is 11.6 Å². The first-order valence-corrected chi connectivity index (χ1v) is 5.78. The van der Waals surface area contributed by atoms with Crippen LogP contribution in [0, 0.1) is 0 Å². The number of rotatable bonds is 3. The van der Waals surface area contributed by atoms with Gasteiger partial charge in [-0.1, -0.05) is 6.92 Å². The van der Waals surface area contributed by atoms with Crippen molar-refractivity contribution in [1.29, 1.82) is 0 Å². The second kappa shape index (κ2) is 4.74. The van der Waals surface area contributed by atoms with Crippen molar-refractivity contribution in [3.63, 3.8) is 0 Å². The van der Waals surface area contributed by atoms with Crippen molar-refractivity contribution in [3.05, 3.63) is 5.69 Å².